The van der Waals surface area contributed by atoms with Gasteiger partial charge in [-0.3, -0.25) is 0 Å². The summed E-state index contributed by atoms with van der Waals surface area (Å²) in [4.78, 5) is 23.0. The van der Waals surface area contributed by atoms with Crippen molar-refractivity contribution in [3.8, 4) is 0 Å². The van der Waals surface area contributed by atoms with Crippen molar-refractivity contribution in [1.29, 1.82) is 0 Å². The van der Waals surface area contributed by atoms with Gasteiger partial charge in [0.1, 0.15) is 0 Å². The first-order chi connectivity index (χ1) is 9.59. The molecule has 7 heteroatoms. The number of carbonyl (C=O) groups excluding carboxylic acids is 2. The second-order valence-electron chi connectivity index (χ2n) is 3.73. The molecule has 0 heterocycles. The quantitative estimate of drug-likeness (QED) is 0.589. The molecule has 0 radical (unpaired) electrons. The fourth-order valence-electron chi connectivity index (χ4n) is 1.51. The molecule has 0 aromatic heterocycles. The molecule has 108 valence electrons. The van der Waals surface area contributed by atoms with Gasteiger partial charge in [-0.05, 0) is 12.1 Å². The molecule has 0 N–H and O–H groups in total. The number of carboxylic acid groups (broad SMARTS) is 2. The molecule has 4 nitrogen and oxygen atoms in total. The Labute approximate surface area is 139 Å². The van der Waals surface area contributed by atoms with Crippen molar-refractivity contribution >= 4 is 33.5 Å². The minimum absolute atomic E-state index is 0. The summed E-state index contributed by atoms with van der Waals surface area (Å²) in [6, 6.07) is 12.8. The van der Waals surface area contributed by atoms with Crippen LogP contribution in [0.3, 0.4) is 0 Å². The van der Waals surface area contributed by atoms with Gasteiger partial charge in [0, 0.05) is 20.9 Å². The Hall–Kier alpha value is -1.40. The van der Waals surface area contributed by atoms with Crippen LogP contribution in [0.1, 0.15) is 20.7 Å². The van der Waals surface area contributed by atoms with Gasteiger partial charge in [0.25, 0.3) is 0 Å². The smallest absolute Gasteiger partial charge is 0.545 e. The van der Waals surface area contributed by atoms with Crippen LogP contribution in [0.4, 0.5) is 0 Å². The molecule has 0 aliphatic rings. The van der Waals surface area contributed by atoms with Gasteiger partial charge in [0.2, 0.25) is 0 Å². The zero-order chi connectivity index (χ0) is 14.5. The SMILES string of the molecule is O=C([O-])c1ccccc1SSc1ccccc1C(=O)[O-].[Fe+2]. The summed E-state index contributed by atoms with van der Waals surface area (Å²) in [6.07, 6.45) is 0. The Balaban J connectivity index is 0.00000220. The molecule has 2 aromatic carbocycles. The van der Waals surface area contributed by atoms with Crippen LogP contribution in [0.15, 0.2) is 58.3 Å². The average Bonchev–Trinajstić information content (AvgIpc) is 2.45. The molecule has 0 unspecified atom stereocenters. The normalized spacial score (nSPS) is 9.71. The van der Waals surface area contributed by atoms with E-state index < -0.39 is 11.9 Å². The fraction of sp³-hybridized carbons (Fsp3) is 0. The number of aromatic carboxylic acids is 2. The molecule has 0 aliphatic heterocycles. The van der Waals surface area contributed by atoms with Crippen molar-refractivity contribution in [3.05, 3.63) is 59.7 Å². The minimum atomic E-state index is -1.26. The van der Waals surface area contributed by atoms with Crippen LogP contribution in [0.2, 0.25) is 0 Å². The Morgan fingerprint density at radius 2 is 1.05 bits per heavy atom. The Morgan fingerprint density at radius 1 is 0.714 bits per heavy atom. The average molecular weight is 360 g/mol. The largest absolute Gasteiger partial charge is 2.00 e. The van der Waals surface area contributed by atoms with E-state index in [0.717, 1.165) is 21.6 Å². The van der Waals surface area contributed by atoms with E-state index in [-0.39, 0.29) is 28.2 Å². The third kappa shape index (κ3) is 4.54. The third-order valence-corrected chi connectivity index (χ3v) is 4.92. The van der Waals surface area contributed by atoms with E-state index in [0.29, 0.717) is 9.79 Å². The number of hydrogen-bond donors (Lipinski definition) is 0. The van der Waals surface area contributed by atoms with Crippen LogP contribution >= 0.6 is 21.6 Å². The van der Waals surface area contributed by atoms with Gasteiger partial charge in [0.05, 0.1) is 11.9 Å². The molecule has 21 heavy (non-hydrogen) atoms. The van der Waals surface area contributed by atoms with E-state index in [1.165, 1.54) is 12.1 Å². The molecule has 0 saturated heterocycles. The third-order valence-electron chi connectivity index (χ3n) is 2.44. The van der Waals surface area contributed by atoms with Crippen molar-refractivity contribution < 1.29 is 36.9 Å². The number of hydrogen-bond acceptors (Lipinski definition) is 6. The van der Waals surface area contributed by atoms with Crippen molar-refractivity contribution in [2.45, 2.75) is 9.79 Å². The number of carbonyl (C=O) groups is 2. The van der Waals surface area contributed by atoms with Crippen molar-refractivity contribution in [2.75, 3.05) is 0 Å². The van der Waals surface area contributed by atoms with E-state index in [2.05, 4.69) is 0 Å². The standard InChI is InChI=1S/C14H10O4S2.Fe/c15-13(16)9-5-1-3-7-11(9)19-20-12-8-4-2-6-10(12)14(17)18;/h1-8H,(H,15,16)(H,17,18);/q;+2/p-2. The number of carboxylic acids is 2. The maximum absolute atomic E-state index is 11.0. The van der Waals surface area contributed by atoms with Crippen LogP contribution < -0.4 is 10.2 Å². The van der Waals surface area contributed by atoms with Gasteiger partial charge in [-0.1, -0.05) is 58.0 Å². The molecule has 0 aliphatic carbocycles. The monoisotopic (exact) mass is 360 g/mol. The summed E-state index contributed by atoms with van der Waals surface area (Å²) < 4.78 is 0. The summed E-state index contributed by atoms with van der Waals surface area (Å²) in [5, 5.41) is 21.9. The summed E-state index contributed by atoms with van der Waals surface area (Å²) in [5.41, 5.74) is 0.159. The second kappa shape index (κ2) is 8.14. The Kier molecular flexibility index (Phi) is 6.84. The van der Waals surface area contributed by atoms with Crippen LogP contribution in [0.25, 0.3) is 0 Å². The van der Waals surface area contributed by atoms with E-state index in [1.54, 1.807) is 36.4 Å². The van der Waals surface area contributed by atoms with E-state index in [4.69, 9.17) is 0 Å². The molecular weight excluding hydrogens is 352 g/mol. The van der Waals surface area contributed by atoms with E-state index >= 15 is 0 Å². The summed E-state index contributed by atoms with van der Waals surface area (Å²) in [6.45, 7) is 0. The van der Waals surface area contributed by atoms with Gasteiger partial charge in [-0.15, -0.1) is 0 Å². The first-order valence-electron chi connectivity index (χ1n) is 5.55. The van der Waals surface area contributed by atoms with E-state index in [9.17, 15) is 19.8 Å². The molecule has 0 atom stereocenters. The summed E-state index contributed by atoms with van der Waals surface area (Å²) in [7, 11) is 2.33. The van der Waals surface area contributed by atoms with Crippen LogP contribution in [-0.2, 0) is 17.1 Å². The van der Waals surface area contributed by atoms with Gasteiger partial charge < -0.3 is 19.8 Å². The molecule has 0 bridgehead atoms. The van der Waals surface area contributed by atoms with Gasteiger partial charge in [0.15, 0.2) is 0 Å². The first kappa shape index (κ1) is 17.7. The maximum Gasteiger partial charge on any atom is 2.00 e. The number of rotatable bonds is 5. The van der Waals surface area contributed by atoms with Crippen molar-refractivity contribution in [2.24, 2.45) is 0 Å². The van der Waals surface area contributed by atoms with Crippen molar-refractivity contribution in [1.82, 2.24) is 0 Å². The predicted octanol–water partition coefficient (Wildman–Crippen LogP) is 1.21. The van der Waals surface area contributed by atoms with Gasteiger partial charge in [-0.2, -0.15) is 0 Å². The maximum atomic E-state index is 11.0. The van der Waals surface area contributed by atoms with Crippen LogP contribution in [0, 0.1) is 0 Å². The molecule has 0 saturated carbocycles. The van der Waals surface area contributed by atoms with Crippen LogP contribution in [0.5, 0.6) is 0 Å². The Bertz CT molecular complexity index is 603. The van der Waals surface area contributed by atoms with E-state index in [1.807, 2.05) is 0 Å². The summed E-state index contributed by atoms with van der Waals surface area (Å²) in [5.74, 6) is -2.52. The van der Waals surface area contributed by atoms with Gasteiger partial charge in [-0.25, -0.2) is 0 Å². The Morgan fingerprint density at radius 3 is 1.38 bits per heavy atom. The predicted molar refractivity (Wildman–Crippen MR) is 73.3 cm³/mol. The first-order valence-corrected chi connectivity index (χ1v) is 7.70. The molecule has 0 spiro atoms. The molecule has 0 fully saturated rings. The van der Waals surface area contributed by atoms with Crippen molar-refractivity contribution in [3.63, 3.8) is 0 Å². The van der Waals surface area contributed by atoms with Gasteiger partial charge >= 0.3 is 17.1 Å². The topological polar surface area (TPSA) is 80.3 Å². The van der Waals surface area contributed by atoms with Crippen LogP contribution in [-0.4, -0.2) is 11.9 Å². The molecule has 2 rings (SSSR count). The minimum Gasteiger partial charge on any atom is -0.545 e. The molecule has 0 amide bonds. The zero-order valence-corrected chi connectivity index (χ0v) is 13.2. The molecular formula is C14H8FeO4S2. The zero-order valence-electron chi connectivity index (χ0n) is 10.4. The summed E-state index contributed by atoms with van der Waals surface area (Å²) >= 11 is 0. The second-order valence-corrected chi connectivity index (χ2v) is 5.95. The number of benzene rings is 2. The fourth-order valence-corrected chi connectivity index (χ4v) is 3.85. The molecule has 2 aromatic rings.